The molecule has 0 saturated carbocycles. The predicted octanol–water partition coefficient (Wildman–Crippen LogP) is 12.1. The van der Waals surface area contributed by atoms with E-state index in [0.717, 1.165) is 79.3 Å². The fourth-order valence-electron chi connectivity index (χ4n) is 9.09. The van der Waals surface area contributed by atoms with Crippen LogP contribution in [0.3, 0.4) is 0 Å². The first-order valence-electron chi connectivity index (χ1n) is 27.8. The maximum absolute atomic E-state index is 13.6. The number of halogens is 2. The first kappa shape index (κ1) is 65.9. The predicted molar refractivity (Wildman–Crippen MR) is 335 cm³/mol. The number of rotatable bonds is 22. The molecule has 0 radical (unpaired) electrons. The Bertz CT molecular complexity index is 3310. The van der Waals surface area contributed by atoms with Crippen LogP contribution in [-0.4, -0.2) is 97.6 Å². The van der Waals surface area contributed by atoms with E-state index in [4.69, 9.17) is 16.3 Å². The highest BCUT2D eigenvalue weighted by Crippen LogP contribution is 2.28. The number of Topliss-reactive ketones (excluding diaryl/α,β-unsaturated/α-hetero) is 4. The summed E-state index contributed by atoms with van der Waals surface area (Å²) < 4.78 is 18.9. The molecule has 3 aromatic heterocycles. The summed E-state index contributed by atoms with van der Waals surface area (Å²) in [6.45, 7) is 10.3. The average molecular weight is 1140 g/mol. The van der Waals surface area contributed by atoms with Crippen molar-refractivity contribution in [2.45, 2.75) is 97.8 Å². The monoisotopic (exact) mass is 1140 g/mol. The van der Waals surface area contributed by atoms with Crippen LogP contribution in [0.4, 0.5) is 4.39 Å². The number of pyridine rings is 3. The van der Waals surface area contributed by atoms with Gasteiger partial charge in [0.25, 0.3) is 0 Å². The number of ketones is 4. The van der Waals surface area contributed by atoms with Crippen LogP contribution in [-0.2, 0) is 51.3 Å². The van der Waals surface area contributed by atoms with E-state index in [-0.39, 0.29) is 53.1 Å². The van der Waals surface area contributed by atoms with Crippen molar-refractivity contribution in [1.29, 1.82) is 0 Å². The summed E-state index contributed by atoms with van der Waals surface area (Å²) in [5, 5.41) is 12.8. The largest absolute Gasteiger partial charge is 0.497 e. The van der Waals surface area contributed by atoms with Crippen molar-refractivity contribution in [3.05, 3.63) is 214 Å². The van der Waals surface area contributed by atoms with Crippen molar-refractivity contribution >= 4 is 34.7 Å². The summed E-state index contributed by atoms with van der Waals surface area (Å²) in [6, 6.07) is 48.2. The summed E-state index contributed by atoms with van der Waals surface area (Å²) in [7, 11) is 8.86. The van der Waals surface area contributed by atoms with Crippen molar-refractivity contribution in [1.82, 2.24) is 36.2 Å². The van der Waals surface area contributed by atoms with Crippen LogP contribution >= 0.6 is 11.6 Å². The number of nitrogens with zero attached hydrogens (tertiary/aromatic N) is 3. The highest BCUT2D eigenvalue weighted by Gasteiger charge is 2.17. The van der Waals surface area contributed by atoms with Gasteiger partial charge >= 0.3 is 0 Å². The molecule has 0 saturated heterocycles. The molecule has 3 heterocycles. The molecule has 83 heavy (non-hydrogen) atoms. The van der Waals surface area contributed by atoms with E-state index in [2.05, 4.69) is 49.2 Å². The zero-order valence-corrected chi connectivity index (χ0v) is 50.4. The van der Waals surface area contributed by atoms with Crippen molar-refractivity contribution in [3.63, 3.8) is 0 Å². The third kappa shape index (κ3) is 20.5. The van der Waals surface area contributed by atoms with Gasteiger partial charge in [0.2, 0.25) is 0 Å². The van der Waals surface area contributed by atoms with E-state index in [9.17, 15) is 23.6 Å². The summed E-state index contributed by atoms with van der Waals surface area (Å²) in [5.74, 6) is 1.22. The van der Waals surface area contributed by atoms with Gasteiger partial charge in [-0.05, 0) is 194 Å². The van der Waals surface area contributed by atoms with Gasteiger partial charge in [-0.3, -0.25) is 34.1 Å². The third-order valence-corrected chi connectivity index (χ3v) is 14.6. The lowest BCUT2D eigenvalue weighted by molar-refractivity contribution is -0.119. The van der Waals surface area contributed by atoms with Crippen LogP contribution in [0.2, 0.25) is 5.02 Å². The minimum Gasteiger partial charge on any atom is -0.497 e. The Kier molecular flexibility index (Phi) is 26.9. The smallest absolute Gasteiger partial charge is 0.147 e. The van der Waals surface area contributed by atoms with Gasteiger partial charge < -0.3 is 26.0 Å². The molecular weight excluding hydrogens is 1060 g/mol. The molecule has 0 aliphatic rings. The molecule has 14 heteroatoms. The molecule has 5 aromatic carbocycles. The standard InChI is InChI=1S/C19H24N2O2.C18H20FNO.C16H17ClN2O.C16H18N2O/c1-5-15-11-16(23-4)7-8-17(15)18-9-6-14(12-21-18)10-19(20-3)13(2)22;1-12-16(5-4-6-17(12)19)15-9-7-14(8-10-15)11-18(20-3)13(2)21;1-11(20)16(18-2)9-12-3-8-15(19-10-12)13-4-6-14(17)7-5-13;1-12(19)16(17-2)10-13-8-9-15(18-11-13)14-6-4-3-5-7-14/h6-9,11-12,19-20H,5,10H2,1-4H3;4-10,18,20H,11H2,1-3H3;3-8,10,16,18H,9H2,1-2H3;3-9,11,16-17H,10H2,1-2H3/t19-;18-;2*16-/m0000/s1. The van der Waals surface area contributed by atoms with Gasteiger partial charge in [0.15, 0.2) is 0 Å². The number of carbonyl (C=O) groups excluding carboxylic acids is 4. The van der Waals surface area contributed by atoms with Crippen LogP contribution in [0, 0.1) is 12.7 Å². The first-order chi connectivity index (χ1) is 39.9. The van der Waals surface area contributed by atoms with Gasteiger partial charge in [-0.2, -0.15) is 0 Å². The molecule has 0 amide bonds. The van der Waals surface area contributed by atoms with E-state index in [1.807, 2.05) is 152 Å². The number of carbonyl (C=O) groups is 4. The Morgan fingerprint density at radius 3 is 1.29 bits per heavy atom. The van der Waals surface area contributed by atoms with Crippen molar-refractivity contribution in [3.8, 4) is 50.6 Å². The van der Waals surface area contributed by atoms with Gasteiger partial charge in [0.1, 0.15) is 34.7 Å². The summed E-state index contributed by atoms with van der Waals surface area (Å²) >= 11 is 5.87. The number of aryl methyl sites for hydroxylation is 1. The van der Waals surface area contributed by atoms with E-state index in [0.29, 0.717) is 36.3 Å². The SMILES string of the molecule is CCc1cc(OC)ccc1-c1ccc(C[C@H](NC)C(C)=O)cn1.CN[C@@H](Cc1ccc(-c2ccc(Cl)cc2)nc1)C(C)=O.CN[C@@H](Cc1ccc(-c2cccc(F)c2C)cc1)C(C)=O.CN[C@@H](Cc1ccc(-c2ccccc2)nc1)C(C)=O. The number of aromatic nitrogens is 3. The Labute approximate surface area is 495 Å². The fourth-order valence-corrected chi connectivity index (χ4v) is 9.21. The molecule has 0 aliphatic heterocycles. The third-order valence-electron chi connectivity index (χ3n) is 14.3. The van der Waals surface area contributed by atoms with Crippen LogP contribution in [0.5, 0.6) is 5.75 Å². The van der Waals surface area contributed by atoms with Gasteiger partial charge in [-0.1, -0.05) is 116 Å². The number of nitrogens with one attached hydrogen (secondary N) is 4. The Morgan fingerprint density at radius 2 is 0.892 bits per heavy atom. The zero-order valence-electron chi connectivity index (χ0n) is 49.6. The van der Waals surface area contributed by atoms with Gasteiger partial charge in [-0.25, -0.2) is 4.39 Å². The molecule has 4 atom stereocenters. The highest BCUT2D eigenvalue weighted by atomic mass is 35.5. The Balaban J connectivity index is 0.000000203. The van der Waals surface area contributed by atoms with Crippen molar-refractivity contribution in [2.24, 2.45) is 0 Å². The van der Waals surface area contributed by atoms with E-state index in [1.54, 1.807) is 76.0 Å². The second-order valence-corrected chi connectivity index (χ2v) is 20.6. The Morgan fingerprint density at radius 1 is 0.482 bits per heavy atom. The fraction of sp³-hybridized carbons (Fsp3) is 0.290. The molecule has 12 nitrogen and oxygen atoms in total. The molecule has 0 spiro atoms. The molecule has 4 N–H and O–H groups in total. The number of methoxy groups -OCH3 is 1. The number of hydrogen-bond acceptors (Lipinski definition) is 12. The topological polar surface area (TPSA) is 164 Å². The number of benzene rings is 5. The van der Waals surface area contributed by atoms with Crippen LogP contribution in [0.15, 0.2) is 170 Å². The molecule has 0 bridgehead atoms. The Hall–Kier alpha value is -7.91. The molecule has 0 fully saturated rings. The molecule has 0 aliphatic carbocycles. The molecule has 8 rings (SSSR count). The van der Waals surface area contributed by atoms with Gasteiger partial charge in [-0.15, -0.1) is 0 Å². The molecule has 434 valence electrons. The number of hydrogen-bond donors (Lipinski definition) is 4. The van der Waals surface area contributed by atoms with Crippen LogP contribution < -0.4 is 26.0 Å². The highest BCUT2D eigenvalue weighted by molar-refractivity contribution is 6.30. The molecular formula is C69H79ClFN7O5. The van der Waals surface area contributed by atoms with Gasteiger partial charge in [0, 0.05) is 40.3 Å². The lowest BCUT2D eigenvalue weighted by atomic mass is 9.97. The van der Waals surface area contributed by atoms with Crippen molar-refractivity contribution < 1.29 is 28.3 Å². The average Bonchev–Trinajstić information content (AvgIpc) is 3.55. The van der Waals surface area contributed by atoms with E-state index >= 15 is 0 Å². The summed E-state index contributed by atoms with van der Waals surface area (Å²) in [4.78, 5) is 59.2. The maximum atomic E-state index is 13.6. The number of likely N-dealkylation sites (N-methyl/N-ethyl adjacent to an activating group) is 4. The zero-order chi connectivity index (χ0) is 60.4. The first-order valence-corrected chi connectivity index (χ1v) is 28.2. The van der Waals surface area contributed by atoms with E-state index in [1.165, 1.54) is 11.6 Å². The van der Waals surface area contributed by atoms with Crippen molar-refractivity contribution in [2.75, 3.05) is 35.3 Å². The van der Waals surface area contributed by atoms with E-state index < -0.39 is 0 Å². The maximum Gasteiger partial charge on any atom is 0.147 e. The van der Waals surface area contributed by atoms with Crippen LogP contribution in [0.25, 0.3) is 44.9 Å². The second kappa shape index (κ2) is 33.9. The second-order valence-electron chi connectivity index (χ2n) is 20.1. The molecule has 0 unspecified atom stereocenters. The lowest BCUT2D eigenvalue weighted by Gasteiger charge is -2.13. The minimum atomic E-state index is -0.191. The quantitative estimate of drug-likeness (QED) is 0.0509. The number of ether oxygens (including phenoxy) is 1. The van der Waals surface area contributed by atoms with Crippen LogP contribution in [0.1, 0.15) is 68.0 Å². The van der Waals surface area contributed by atoms with Gasteiger partial charge in [0.05, 0.1) is 48.4 Å². The molecule has 8 aromatic rings. The lowest BCUT2D eigenvalue weighted by Crippen LogP contribution is -2.34. The summed E-state index contributed by atoms with van der Waals surface area (Å²) in [6.07, 6.45) is 9.07. The summed E-state index contributed by atoms with van der Waals surface area (Å²) in [5.41, 5.74) is 14.0. The minimum absolute atomic E-state index is 0.127. The normalized spacial score (nSPS) is 12.1.